The molecule has 0 saturated heterocycles. The summed E-state index contributed by atoms with van der Waals surface area (Å²) in [6.07, 6.45) is 0. The molecule has 1 atom stereocenters. The van der Waals surface area contributed by atoms with Crippen molar-refractivity contribution in [1.82, 2.24) is 9.78 Å². The maximum atomic E-state index is 5.90. The number of para-hydroxylation sites is 4. The quantitative estimate of drug-likeness (QED) is 0.268. The maximum absolute atomic E-state index is 5.90. The minimum atomic E-state index is -0.159. The van der Waals surface area contributed by atoms with Crippen molar-refractivity contribution >= 4 is 23.2 Å². The highest BCUT2D eigenvalue weighted by Gasteiger charge is 2.45. The Morgan fingerprint density at radius 2 is 1.42 bits per heavy atom. The first kappa shape index (κ1) is 22.4. The molecule has 7 rings (SSSR count). The van der Waals surface area contributed by atoms with Gasteiger partial charge in [-0.2, -0.15) is 10.1 Å². The second-order valence-corrected chi connectivity index (χ2v) is 9.56. The Morgan fingerprint density at radius 1 is 0.763 bits per heavy atom. The van der Waals surface area contributed by atoms with Crippen LogP contribution in [0.15, 0.2) is 114 Å². The van der Waals surface area contributed by atoms with Crippen molar-refractivity contribution in [3.63, 3.8) is 0 Å². The molecule has 1 aromatic heterocycles. The number of nitrogens with zero attached hydrogens (tertiary/aromatic N) is 5. The van der Waals surface area contributed by atoms with E-state index in [1.54, 1.807) is 7.11 Å². The lowest BCUT2D eigenvalue weighted by Crippen LogP contribution is -2.43. The zero-order chi connectivity index (χ0) is 25.6. The van der Waals surface area contributed by atoms with Gasteiger partial charge in [0.15, 0.2) is 5.82 Å². The lowest BCUT2D eigenvalue weighted by Gasteiger charge is -2.35. The summed E-state index contributed by atoms with van der Waals surface area (Å²) in [7, 11) is 1.73. The van der Waals surface area contributed by atoms with Crippen LogP contribution in [0.4, 0.5) is 17.2 Å². The number of fused-ring (bicyclic) bond motifs is 4. The third-order valence-electron chi connectivity index (χ3n) is 7.33. The van der Waals surface area contributed by atoms with Crippen LogP contribution in [0.3, 0.4) is 0 Å². The van der Waals surface area contributed by atoms with Crippen molar-refractivity contribution in [3.05, 3.63) is 132 Å². The van der Waals surface area contributed by atoms with Gasteiger partial charge < -0.3 is 9.64 Å². The van der Waals surface area contributed by atoms with Crippen LogP contribution in [0, 0.1) is 6.92 Å². The first-order chi connectivity index (χ1) is 18.7. The van der Waals surface area contributed by atoms with Crippen LogP contribution >= 0.6 is 0 Å². The highest BCUT2D eigenvalue weighted by Crippen LogP contribution is 2.52. The molecule has 5 aromatic rings. The second-order valence-electron chi connectivity index (χ2n) is 9.56. The number of aryl methyl sites for hydroxylation is 1. The number of hydrogen-bond donors (Lipinski definition) is 0. The first-order valence-corrected chi connectivity index (χ1v) is 12.8. The van der Waals surface area contributed by atoms with Crippen LogP contribution in [0.25, 0.3) is 5.69 Å². The minimum Gasteiger partial charge on any atom is -0.496 e. The summed E-state index contributed by atoms with van der Waals surface area (Å²) >= 11 is 0. The van der Waals surface area contributed by atoms with Crippen molar-refractivity contribution in [1.29, 1.82) is 0 Å². The van der Waals surface area contributed by atoms with E-state index in [4.69, 9.17) is 14.8 Å². The smallest absolute Gasteiger partial charge is 0.213 e. The molecule has 0 saturated carbocycles. The Morgan fingerprint density at radius 3 is 2.18 bits per heavy atom. The number of aromatic nitrogens is 2. The van der Waals surface area contributed by atoms with Crippen molar-refractivity contribution in [2.24, 2.45) is 4.99 Å². The highest BCUT2D eigenvalue weighted by molar-refractivity contribution is 6.18. The van der Waals surface area contributed by atoms with Gasteiger partial charge in [-0.1, -0.05) is 78.9 Å². The Labute approximate surface area is 222 Å². The molecule has 2 aliphatic heterocycles. The van der Waals surface area contributed by atoms with E-state index in [1.165, 1.54) is 5.56 Å². The molecule has 6 nitrogen and oxygen atoms in total. The molecule has 2 aliphatic rings. The van der Waals surface area contributed by atoms with Crippen LogP contribution in [0.2, 0.25) is 0 Å². The number of aliphatic imine (C=N–C) groups is 1. The van der Waals surface area contributed by atoms with Crippen LogP contribution in [-0.2, 0) is 6.54 Å². The first-order valence-electron chi connectivity index (χ1n) is 12.8. The van der Waals surface area contributed by atoms with Crippen molar-refractivity contribution in [2.75, 3.05) is 16.9 Å². The van der Waals surface area contributed by atoms with E-state index in [9.17, 15) is 0 Å². The van der Waals surface area contributed by atoms with Crippen LogP contribution in [-0.4, -0.2) is 22.8 Å². The van der Waals surface area contributed by atoms with Gasteiger partial charge in [-0.25, -0.2) is 4.68 Å². The molecule has 4 aromatic carbocycles. The minimum absolute atomic E-state index is 0.159. The van der Waals surface area contributed by atoms with Gasteiger partial charge in [0, 0.05) is 11.1 Å². The zero-order valence-corrected chi connectivity index (χ0v) is 21.3. The van der Waals surface area contributed by atoms with Gasteiger partial charge >= 0.3 is 0 Å². The van der Waals surface area contributed by atoms with Crippen molar-refractivity contribution in [3.8, 4) is 11.4 Å². The Balaban J connectivity index is 1.50. The monoisotopic (exact) mass is 497 g/mol. The fourth-order valence-corrected chi connectivity index (χ4v) is 5.65. The molecule has 0 spiro atoms. The van der Waals surface area contributed by atoms with E-state index in [-0.39, 0.29) is 6.04 Å². The van der Waals surface area contributed by atoms with E-state index in [2.05, 4.69) is 95.6 Å². The van der Waals surface area contributed by atoms with E-state index in [0.29, 0.717) is 6.54 Å². The zero-order valence-electron chi connectivity index (χ0n) is 21.3. The van der Waals surface area contributed by atoms with Crippen molar-refractivity contribution in [2.45, 2.75) is 19.5 Å². The average molecular weight is 498 g/mol. The Hall–Kier alpha value is -4.84. The summed E-state index contributed by atoms with van der Waals surface area (Å²) in [4.78, 5) is 10.0. The maximum Gasteiger partial charge on any atom is 0.213 e. The van der Waals surface area contributed by atoms with Crippen LogP contribution in [0.5, 0.6) is 5.75 Å². The summed E-state index contributed by atoms with van der Waals surface area (Å²) in [6.45, 7) is 2.78. The van der Waals surface area contributed by atoms with E-state index in [0.717, 1.165) is 51.4 Å². The second kappa shape index (κ2) is 8.92. The van der Waals surface area contributed by atoms with Gasteiger partial charge in [0.25, 0.3) is 0 Å². The molecular weight excluding hydrogens is 470 g/mol. The third kappa shape index (κ3) is 3.41. The molecule has 0 N–H and O–H groups in total. The molecule has 0 unspecified atom stereocenters. The van der Waals surface area contributed by atoms with E-state index in [1.807, 2.05) is 35.0 Å². The predicted octanol–water partition coefficient (Wildman–Crippen LogP) is 6.81. The number of hydrogen-bond acceptors (Lipinski definition) is 5. The Kier molecular flexibility index (Phi) is 5.25. The van der Waals surface area contributed by atoms with Gasteiger partial charge in [0.05, 0.1) is 42.5 Å². The average Bonchev–Trinajstić information content (AvgIpc) is 3.47. The SMILES string of the molecule is COc1ccccc1[C@@H]1c2c(C)nn(-c3ccccc3)c2N=C2N(Cc3ccccc3)c3ccccc3N21. The fraction of sp³-hybridized carbons (Fsp3) is 0.125. The summed E-state index contributed by atoms with van der Waals surface area (Å²) in [5, 5.41) is 5.01. The van der Waals surface area contributed by atoms with Gasteiger partial charge in [-0.3, -0.25) is 4.90 Å². The molecular formula is C32H27N5O. The standard InChI is InChI=1S/C32H27N5O/c1-22-29-30(25-17-9-12-20-28(25)38-2)36-27-19-11-10-18-26(27)35(21-23-13-5-3-6-14-23)32(36)33-31(29)37(34-22)24-15-7-4-8-16-24/h3-20,30H,21H2,1-2H3/t30-/m1/s1. The van der Waals surface area contributed by atoms with Gasteiger partial charge in [-0.05, 0) is 42.8 Å². The molecule has 38 heavy (non-hydrogen) atoms. The van der Waals surface area contributed by atoms with E-state index < -0.39 is 0 Å². The van der Waals surface area contributed by atoms with Gasteiger partial charge in [0.2, 0.25) is 5.96 Å². The molecule has 0 bridgehead atoms. The van der Waals surface area contributed by atoms with Crippen molar-refractivity contribution < 1.29 is 4.74 Å². The molecule has 0 fully saturated rings. The summed E-state index contributed by atoms with van der Waals surface area (Å²) < 4.78 is 7.87. The number of methoxy groups -OCH3 is 1. The molecule has 0 amide bonds. The predicted molar refractivity (Wildman–Crippen MR) is 152 cm³/mol. The number of anilines is 2. The van der Waals surface area contributed by atoms with E-state index >= 15 is 0 Å². The summed E-state index contributed by atoms with van der Waals surface area (Å²) in [5.41, 5.74) is 7.57. The topological polar surface area (TPSA) is 45.9 Å². The van der Waals surface area contributed by atoms with Crippen LogP contribution in [0.1, 0.15) is 28.4 Å². The molecule has 6 heteroatoms. The number of benzene rings is 4. The normalized spacial score (nSPS) is 15.5. The summed E-state index contributed by atoms with van der Waals surface area (Å²) in [6, 6.07) is 37.4. The lowest BCUT2D eigenvalue weighted by atomic mass is 9.94. The molecule has 0 aliphatic carbocycles. The van der Waals surface area contributed by atoms with Crippen LogP contribution < -0.4 is 14.5 Å². The fourth-order valence-electron chi connectivity index (χ4n) is 5.65. The summed E-state index contributed by atoms with van der Waals surface area (Å²) in [5.74, 6) is 2.58. The largest absolute Gasteiger partial charge is 0.496 e. The Bertz CT molecular complexity index is 1660. The molecule has 0 radical (unpaired) electrons. The number of rotatable bonds is 5. The number of guanidine groups is 1. The number of ether oxygens (including phenoxy) is 1. The lowest BCUT2D eigenvalue weighted by molar-refractivity contribution is 0.407. The highest BCUT2D eigenvalue weighted by atomic mass is 16.5. The van der Waals surface area contributed by atoms with Gasteiger partial charge in [-0.15, -0.1) is 0 Å². The molecule has 186 valence electrons. The van der Waals surface area contributed by atoms with Gasteiger partial charge in [0.1, 0.15) is 5.75 Å². The third-order valence-corrected chi connectivity index (χ3v) is 7.33. The molecule has 3 heterocycles.